The second-order valence-electron chi connectivity index (χ2n) is 8.41. The van der Waals surface area contributed by atoms with Crippen LogP contribution in [0.2, 0.25) is 4.68 Å². The molecule has 0 spiro atoms. The van der Waals surface area contributed by atoms with Crippen LogP contribution in [0, 0.1) is 0 Å². The summed E-state index contributed by atoms with van der Waals surface area (Å²) in [5, 5.41) is 0. The Hall–Kier alpha value is -1.54. The van der Waals surface area contributed by atoms with Crippen LogP contribution in [0.4, 0.5) is 0 Å². The molecule has 29 heavy (non-hydrogen) atoms. The van der Waals surface area contributed by atoms with Crippen molar-refractivity contribution in [2.75, 3.05) is 0 Å². The summed E-state index contributed by atoms with van der Waals surface area (Å²) < 4.78 is 11.3. The monoisotopic (exact) mass is 588 g/mol. The Balaban J connectivity index is 0.00000120. The molecule has 0 aromatic heterocycles. The van der Waals surface area contributed by atoms with Gasteiger partial charge in [0.05, 0.1) is 0 Å². The van der Waals surface area contributed by atoms with Gasteiger partial charge < -0.3 is 0 Å². The van der Waals surface area contributed by atoms with Crippen LogP contribution in [-0.4, -0.2) is 4.26 Å². The molecule has 2 aliphatic rings. The average Bonchev–Trinajstić information content (AvgIpc) is 3.36. The van der Waals surface area contributed by atoms with E-state index in [0.717, 1.165) is 6.42 Å². The molecule has 0 aliphatic heterocycles. The van der Waals surface area contributed by atoms with Crippen molar-refractivity contribution in [1.82, 2.24) is 0 Å². The SMILES string of the molecule is Cl.Cl.[CH2]=[Hf]([CH3])([C]1=CC=CC1)([c]1ccccc1)[CH]1c2ccccc2-c2ccccc21. The Morgan fingerprint density at radius 3 is 1.79 bits per heavy atom. The Kier molecular flexibility index (Phi) is 6.07. The molecule has 5 rings (SSSR count). The van der Waals surface area contributed by atoms with Crippen LogP contribution in [-0.2, 0) is 18.0 Å². The van der Waals surface area contributed by atoms with Gasteiger partial charge in [0, 0.05) is 0 Å². The van der Waals surface area contributed by atoms with Crippen LogP contribution in [0.15, 0.2) is 100 Å². The predicted molar refractivity (Wildman–Crippen MR) is 129 cm³/mol. The maximum atomic E-state index is 5.24. The molecular weight excluding hydrogens is 562 g/mol. The Morgan fingerprint density at radius 1 is 0.759 bits per heavy atom. The van der Waals surface area contributed by atoms with Crippen LogP contribution in [0.5, 0.6) is 0 Å². The molecular formula is C26H26Cl2Hf. The molecule has 3 aromatic carbocycles. The number of allylic oxidation sites excluding steroid dienone is 4. The van der Waals surface area contributed by atoms with Gasteiger partial charge in [0.25, 0.3) is 0 Å². The number of benzene rings is 3. The summed E-state index contributed by atoms with van der Waals surface area (Å²) >= 11 is -4.03. The van der Waals surface area contributed by atoms with E-state index in [1.165, 1.54) is 25.6 Å². The van der Waals surface area contributed by atoms with Gasteiger partial charge in [0.15, 0.2) is 0 Å². The fraction of sp³-hybridized carbons (Fsp3) is 0.115. The first-order chi connectivity index (χ1) is 13.1. The number of rotatable bonds is 3. The molecule has 0 bridgehead atoms. The third kappa shape index (κ3) is 3.10. The van der Waals surface area contributed by atoms with Crippen LogP contribution >= 0.6 is 24.8 Å². The second-order valence-corrected chi connectivity index (χ2v) is 30.1. The van der Waals surface area contributed by atoms with E-state index in [2.05, 4.69) is 102 Å². The van der Waals surface area contributed by atoms with Crippen molar-refractivity contribution in [3.63, 3.8) is 0 Å². The van der Waals surface area contributed by atoms with Gasteiger partial charge in [0.1, 0.15) is 0 Å². The van der Waals surface area contributed by atoms with Crippen molar-refractivity contribution in [3.8, 4) is 11.1 Å². The zero-order valence-electron chi connectivity index (χ0n) is 16.5. The Labute approximate surface area is 186 Å². The van der Waals surface area contributed by atoms with Gasteiger partial charge in [-0.25, -0.2) is 0 Å². The first-order valence-corrected chi connectivity index (χ1v) is 21.6. The molecule has 0 heterocycles. The molecule has 0 radical (unpaired) electrons. The normalized spacial score (nSPS) is 15.0. The third-order valence-electron chi connectivity index (χ3n) is 6.86. The van der Waals surface area contributed by atoms with E-state index in [1.54, 1.807) is 3.33 Å². The van der Waals surface area contributed by atoms with Crippen molar-refractivity contribution in [2.45, 2.75) is 14.8 Å². The predicted octanol–water partition coefficient (Wildman–Crippen LogP) is 6.94. The molecule has 3 heteroatoms. The van der Waals surface area contributed by atoms with E-state index in [-0.39, 0.29) is 24.8 Å². The fourth-order valence-corrected chi connectivity index (χ4v) is 25.6. The summed E-state index contributed by atoms with van der Waals surface area (Å²) in [5.41, 5.74) is 5.74. The topological polar surface area (TPSA) is 0 Å². The van der Waals surface area contributed by atoms with E-state index in [0.29, 0.717) is 3.67 Å². The second kappa shape index (κ2) is 7.95. The molecule has 0 unspecified atom stereocenters. The summed E-state index contributed by atoms with van der Waals surface area (Å²) in [4.78, 5) is 0. The van der Waals surface area contributed by atoms with Gasteiger partial charge in [0.2, 0.25) is 0 Å². The van der Waals surface area contributed by atoms with E-state index < -0.39 is 18.0 Å². The Morgan fingerprint density at radius 2 is 1.28 bits per heavy atom. The zero-order chi connectivity index (χ0) is 18.5. The van der Waals surface area contributed by atoms with Crippen molar-refractivity contribution in [3.05, 3.63) is 112 Å². The molecule has 0 atom stereocenters. The average molecular weight is 588 g/mol. The van der Waals surface area contributed by atoms with Crippen molar-refractivity contribution < 1.29 is 18.0 Å². The summed E-state index contributed by atoms with van der Waals surface area (Å²) in [6.45, 7) is 0. The molecule has 0 saturated heterocycles. The van der Waals surface area contributed by atoms with Crippen LogP contribution in [0.25, 0.3) is 11.1 Å². The van der Waals surface area contributed by atoms with Gasteiger partial charge in [-0.15, -0.1) is 24.8 Å². The van der Waals surface area contributed by atoms with Crippen LogP contribution in [0.1, 0.15) is 21.2 Å². The van der Waals surface area contributed by atoms with Crippen molar-refractivity contribution in [2.24, 2.45) is 0 Å². The molecule has 0 amide bonds. The van der Waals surface area contributed by atoms with E-state index in [9.17, 15) is 0 Å². The van der Waals surface area contributed by atoms with E-state index in [1.807, 2.05) is 0 Å². The van der Waals surface area contributed by atoms with Crippen LogP contribution in [0.3, 0.4) is 0 Å². The van der Waals surface area contributed by atoms with Crippen molar-refractivity contribution in [1.29, 1.82) is 0 Å². The molecule has 148 valence electrons. The van der Waals surface area contributed by atoms with E-state index >= 15 is 0 Å². The van der Waals surface area contributed by atoms with Crippen LogP contribution < -0.4 is 3.32 Å². The third-order valence-corrected chi connectivity index (χ3v) is 29.4. The summed E-state index contributed by atoms with van der Waals surface area (Å²) in [7, 11) is 0. The fourth-order valence-electron chi connectivity index (χ4n) is 5.40. The first kappa shape index (κ1) is 22.2. The molecule has 3 aromatic rings. The minimum absolute atomic E-state index is 0. The summed E-state index contributed by atoms with van der Waals surface area (Å²) in [6.07, 6.45) is 7.95. The number of hydrogen-bond acceptors (Lipinski definition) is 0. The number of fused-ring (bicyclic) bond motifs is 3. The first-order valence-electron chi connectivity index (χ1n) is 9.75. The van der Waals surface area contributed by atoms with Gasteiger partial charge >= 0.3 is 163 Å². The quantitative estimate of drug-likeness (QED) is 0.291. The number of halogens is 2. The van der Waals surface area contributed by atoms with Gasteiger partial charge in [-0.3, -0.25) is 0 Å². The van der Waals surface area contributed by atoms with Gasteiger partial charge in [-0.05, 0) is 0 Å². The van der Waals surface area contributed by atoms with Crippen molar-refractivity contribution >= 4 is 32.4 Å². The van der Waals surface area contributed by atoms with E-state index in [4.69, 9.17) is 4.26 Å². The summed E-state index contributed by atoms with van der Waals surface area (Å²) in [6, 6.07) is 29.2. The maximum absolute atomic E-state index is 5.24. The minimum atomic E-state index is -4.03. The Bertz CT molecular complexity index is 1130. The molecule has 0 saturated carbocycles. The van der Waals surface area contributed by atoms with Gasteiger partial charge in [-0.1, -0.05) is 0 Å². The zero-order valence-corrected chi connectivity index (χ0v) is 21.8. The molecule has 2 aliphatic carbocycles. The molecule has 0 nitrogen and oxygen atoms in total. The van der Waals surface area contributed by atoms with Gasteiger partial charge in [-0.2, -0.15) is 0 Å². The number of hydrogen-bond donors (Lipinski definition) is 0. The summed E-state index contributed by atoms with van der Waals surface area (Å²) in [5.74, 6) is 0. The molecule has 0 fully saturated rings. The standard InChI is InChI=1S/C13H9.C6H5.C5H5.CH3.CH2.2ClH.Hf/c1-3-7-12-10(5-1)9-11-6-2-4-8-13(11)12;1-2-4-6-5-3-1;1-2-4-5-3-1;;;;;/h1-9H;1-5H;1-3H,4H2;1H3;1H2;2*1H;. The molecule has 0 N–H and O–H groups in total.